The molecule has 20 heavy (non-hydrogen) atoms. The van der Waals surface area contributed by atoms with Gasteiger partial charge >= 0.3 is 0 Å². The first-order chi connectivity index (χ1) is 9.67. The molecule has 0 amide bonds. The van der Waals surface area contributed by atoms with Crippen LogP contribution in [0.15, 0.2) is 47.6 Å². The smallest absolute Gasteiger partial charge is 0.212 e. The molecule has 0 aliphatic rings. The van der Waals surface area contributed by atoms with Crippen LogP contribution in [0.4, 0.5) is 5.69 Å². The number of rotatable bonds is 4. The number of aromatic nitrogens is 1. The lowest BCUT2D eigenvalue weighted by Gasteiger charge is -2.06. The van der Waals surface area contributed by atoms with Crippen molar-refractivity contribution in [3.8, 4) is 5.88 Å². The number of nitrogens with two attached hydrogens (primary N) is 1. The summed E-state index contributed by atoms with van der Waals surface area (Å²) in [5.74, 6) is 0.966. The van der Waals surface area contributed by atoms with Gasteiger partial charge in [0.1, 0.15) is 0 Å². The molecule has 3 N–H and O–H groups in total. The monoisotopic (exact) mass is 270 g/mol. The molecule has 0 radical (unpaired) electrons. The molecule has 0 unspecified atom stereocenters. The average Bonchev–Trinajstić information content (AvgIpc) is 2.48. The van der Waals surface area contributed by atoms with Crippen LogP contribution in [0.5, 0.6) is 5.88 Å². The molecule has 104 valence electrons. The molecule has 0 aliphatic carbocycles. The minimum absolute atomic E-state index is 0.379. The van der Waals surface area contributed by atoms with Crippen LogP contribution >= 0.6 is 0 Å². The van der Waals surface area contributed by atoms with Gasteiger partial charge in [0.05, 0.1) is 13.7 Å². The fourth-order valence-corrected chi connectivity index (χ4v) is 1.63. The van der Waals surface area contributed by atoms with E-state index < -0.39 is 0 Å². The van der Waals surface area contributed by atoms with Gasteiger partial charge in [0, 0.05) is 18.0 Å². The zero-order valence-electron chi connectivity index (χ0n) is 11.6. The number of benzene rings is 1. The van der Waals surface area contributed by atoms with Gasteiger partial charge in [-0.15, -0.1) is 0 Å². The minimum atomic E-state index is 0.379. The Balaban J connectivity index is 1.94. The van der Waals surface area contributed by atoms with Crippen LogP contribution in [0.25, 0.3) is 0 Å². The van der Waals surface area contributed by atoms with Gasteiger partial charge in [0.15, 0.2) is 5.96 Å². The van der Waals surface area contributed by atoms with Crippen molar-refractivity contribution in [2.45, 2.75) is 13.5 Å². The maximum Gasteiger partial charge on any atom is 0.212 e. The van der Waals surface area contributed by atoms with Gasteiger partial charge in [0.25, 0.3) is 0 Å². The number of hydrogen-bond donors (Lipinski definition) is 2. The quantitative estimate of drug-likeness (QED) is 0.660. The van der Waals surface area contributed by atoms with Crippen molar-refractivity contribution in [2.75, 3.05) is 12.4 Å². The second kappa shape index (κ2) is 6.56. The molecule has 5 heteroatoms. The molecule has 1 heterocycles. The number of pyridine rings is 1. The largest absolute Gasteiger partial charge is 0.481 e. The van der Waals surface area contributed by atoms with Crippen molar-refractivity contribution < 1.29 is 4.74 Å². The Morgan fingerprint density at radius 3 is 2.60 bits per heavy atom. The summed E-state index contributed by atoms with van der Waals surface area (Å²) in [6.07, 6.45) is 1.72. The van der Waals surface area contributed by atoms with Crippen molar-refractivity contribution in [3.05, 3.63) is 53.7 Å². The van der Waals surface area contributed by atoms with Crippen LogP contribution in [-0.2, 0) is 6.54 Å². The molecule has 0 saturated heterocycles. The highest BCUT2D eigenvalue weighted by molar-refractivity contribution is 5.92. The molecule has 5 nitrogen and oxygen atoms in total. The Labute approximate surface area is 118 Å². The zero-order chi connectivity index (χ0) is 14.4. The second-order valence-electron chi connectivity index (χ2n) is 4.40. The van der Waals surface area contributed by atoms with Crippen molar-refractivity contribution in [1.29, 1.82) is 0 Å². The SMILES string of the molecule is COc1ccc(CN=C(N)Nc2ccc(C)cc2)cn1. The summed E-state index contributed by atoms with van der Waals surface area (Å²) >= 11 is 0. The number of aliphatic imine (C=N–C) groups is 1. The van der Waals surface area contributed by atoms with Gasteiger partial charge < -0.3 is 15.8 Å². The van der Waals surface area contributed by atoms with Gasteiger partial charge in [-0.3, -0.25) is 0 Å². The molecule has 2 rings (SSSR count). The van der Waals surface area contributed by atoms with Crippen molar-refractivity contribution in [1.82, 2.24) is 4.98 Å². The molecular weight excluding hydrogens is 252 g/mol. The molecule has 1 aromatic carbocycles. The van der Waals surface area contributed by atoms with Crippen molar-refractivity contribution in [2.24, 2.45) is 10.7 Å². The van der Waals surface area contributed by atoms with E-state index in [-0.39, 0.29) is 0 Å². The molecule has 0 fully saturated rings. The number of anilines is 1. The molecule has 0 saturated carbocycles. The molecule has 0 aliphatic heterocycles. The summed E-state index contributed by atoms with van der Waals surface area (Å²) in [5, 5.41) is 3.04. The van der Waals surface area contributed by atoms with E-state index in [1.165, 1.54) is 5.56 Å². The Kier molecular flexibility index (Phi) is 4.55. The van der Waals surface area contributed by atoms with E-state index in [2.05, 4.69) is 15.3 Å². The fourth-order valence-electron chi connectivity index (χ4n) is 1.63. The summed E-state index contributed by atoms with van der Waals surface area (Å²) in [7, 11) is 1.59. The van der Waals surface area contributed by atoms with E-state index in [1.54, 1.807) is 19.4 Å². The summed E-state index contributed by atoms with van der Waals surface area (Å²) in [4.78, 5) is 8.39. The number of guanidine groups is 1. The Morgan fingerprint density at radius 1 is 1.25 bits per heavy atom. The Hall–Kier alpha value is -2.56. The standard InChI is InChI=1S/C15H18N4O/c1-11-3-6-13(7-4-11)19-15(16)18-10-12-5-8-14(20-2)17-9-12/h3-9H,10H2,1-2H3,(H3,16,18,19). The Bertz CT molecular complexity index is 576. The lowest BCUT2D eigenvalue weighted by molar-refractivity contribution is 0.397. The van der Waals surface area contributed by atoms with E-state index in [4.69, 9.17) is 10.5 Å². The van der Waals surface area contributed by atoms with Crippen LogP contribution in [0.1, 0.15) is 11.1 Å². The first-order valence-electron chi connectivity index (χ1n) is 6.30. The summed E-state index contributed by atoms with van der Waals surface area (Å²) in [5.41, 5.74) is 8.94. The van der Waals surface area contributed by atoms with Crippen LogP contribution in [-0.4, -0.2) is 18.1 Å². The van der Waals surface area contributed by atoms with Gasteiger partial charge in [-0.05, 0) is 24.6 Å². The predicted molar refractivity (Wildman–Crippen MR) is 80.9 cm³/mol. The van der Waals surface area contributed by atoms with Crippen LogP contribution < -0.4 is 15.8 Å². The molecule has 0 spiro atoms. The van der Waals surface area contributed by atoms with E-state index >= 15 is 0 Å². The number of ether oxygens (including phenoxy) is 1. The number of aryl methyl sites for hydroxylation is 1. The van der Waals surface area contributed by atoms with E-state index in [9.17, 15) is 0 Å². The first kappa shape index (κ1) is 13.9. The van der Waals surface area contributed by atoms with E-state index in [1.807, 2.05) is 37.3 Å². The first-order valence-corrected chi connectivity index (χ1v) is 6.30. The van der Waals surface area contributed by atoms with Crippen molar-refractivity contribution in [3.63, 3.8) is 0 Å². The topological polar surface area (TPSA) is 72.5 Å². The summed E-state index contributed by atoms with van der Waals surface area (Å²) in [6.45, 7) is 2.51. The van der Waals surface area contributed by atoms with Gasteiger partial charge in [-0.1, -0.05) is 23.8 Å². The van der Waals surface area contributed by atoms with Gasteiger partial charge in [-0.25, -0.2) is 9.98 Å². The third kappa shape index (κ3) is 3.98. The number of nitrogens with zero attached hydrogens (tertiary/aromatic N) is 2. The number of methoxy groups -OCH3 is 1. The molecule has 0 bridgehead atoms. The van der Waals surface area contributed by atoms with Crippen LogP contribution in [0.2, 0.25) is 0 Å². The average molecular weight is 270 g/mol. The lowest BCUT2D eigenvalue weighted by atomic mass is 10.2. The predicted octanol–water partition coefficient (Wildman–Crippen LogP) is 2.33. The maximum absolute atomic E-state index is 5.84. The third-order valence-electron chi connectivity index (χ3n) is 2.76. The second-order valence-corrected chi connectivity index (χ2v) is 4.40. The highest BCUT2D eigenvalue weighted by Gasteiger charge is 1.97. The maximum atomic E-state index is 5.84. The minimum Gasteiger partial charge on any atom is -0.481 e. The fraction of sp³-hybridized carbons (Fsp3) is 0.200. The van der Waals surface area contributed by atoms with E-state index in [0.717, 1.165) is 11.3 Å². The zero-order valence-corrected chi connectivity index (χ0v) is 11.6. The van der Waals surface area contributed by atoms with E-state index in [0.29, 0.717) is 18.4 Å². The normalized spacial score (nSPS) is 11.2. The number of nitrogens with one attached hydrogen (secondary N) is 1. The van der Waals surface area contributed by atoms with Gasteiger partial charge in [0.2, 0.25) is 5.88 Å². The summed E-state index contributed by atoms with van der Waals surface area (Å²) < 4.78 is 5.00. The lowest BCUT2D eigenvalue weighted by Crippen LogP contribution is -2.22. The highest BCUT2D eigenvalue weighted by atomic mass is 16.5. The third-order valence-corrected chi connectivity index (χ3v) is 2.76. The molecule has 2 aromatic rings. The van der Waals surface area contributed by atoms with Crippen LogP contribution in [0.3, 0.4) is 0 Å². The molecule has 1 aromatic heterocycles. The molecule has 0 atom stereocenters. The molecular formula is C15H18N4O. The summed E-state index contributed by atoms with van der Waals surface area (Å²) in [6, 6.07) is 11.7. The number of hydrogen-bond acceptors (Lipinski definition) is 3. The van der Waals surface area contributed by atoms with Crippen molar-refractivity contribution >= 4 is 11.6 Å². The Morgan fingerprint density at radius 2 is 2.00 bits per heavy atom. The van der Waals surface area contributed by atoms with Gasteiger partial charge in [-0.2, -0.15) is 0 Å². The van der Waals surface area contributed by atoms with Crippen LogP contribution in [0, 0.1) is 6.92 Å². The highest BCUT2D eigenvalue weighted by Crippen LogP contribution is 2.09.